The zero-order chi connectivity index (χ0) is 14.6. The molecule has 0 aliphatic carbocycles. The van der Waals surface area contributed by atoms with Gasteiger partial charge in [0.05, 0.1) is 23.9 Å². The van der Waals surface area contributed by atoms with E-state index in [9.17, 15) is 18.0 Å². The predicted molar refractivity (Wildman–Crippen MR) is 67.8 cm³/mol. The number of sulfonamides is 1. The minimum atomic E-state index is -3.76. The molecule has 0 atom stereocenters. The molecule has 1 aromatic rings. The molecule has 104 valence electrons. The molecule has 0 saturated heterocycles. The lowest BCUT2D eigenvalue weighted by Gasteiger charge is -2.23. The Labute approximate surface area is 110 Å². The highest BCUT2D eigenvalue weighted by atomic mass is 32.2. The fourth-order valence-electron chi connectivity index (χ4n) is 1.53. The molecule has 0 aliphatic rings. The van der Waals surface area contributed by atoms with Crippen LogP contribution in [0, 0.1) is 0 Å². The summed E-state index contributed by atoms with van der Waals surface area (Å²) >= 11 is 0. The van der Waals surface area contributed by atoms with Crippen molar-refractivity contribution in [3.8, 4) is 0 Å². The lowest BCUT2D eigenvalue weighted by molar-refractivity contribution is -0.136. The average molecular weight is 287 g/mol. The van der Waals surface area contributed by atoms with E-state index >= 15 is 0 Å². The first-order chi connectivity index (χ1) is 8.73. The maximum absolute atomic E-state index is 11.7. The number of aliphatic carboxylic acids is 1. The van der Waals surface area contributed by atoms with Gasteiger partial charge in [-0.05, 0) is 12.1 Å². The van der Waals surface area contributed by atoms with Crippen molar-refractivity contribution in [2.24, 2.45) is 0 Å². The van der Waals surface area contributed by atoms with Crippen LogP contribution in [-0.4, -0.2) is 43.4 Å². The van der Waals surface area contributed by atoms with Crippen LogP contribution in [0.4, 0.5) is 5.69 Å². The Kier molecular flexibility index (Phi) is 4.49. The fraction of sp³-hybridized carbons (Fsp3) is 0.273. The van der Waals surface area contributed by atoms with Crippen molar-refractivity contribution in [2.45, 2.75) is 6.42 Å². The normalized spacial score (nSPS) is 11.0. The molecule has 19 heavy (non-hydrogen) atoms. The molecular formula is C11H13NO6S. The summed E-state index contributed by atoms with van der Waals surface area (Å²) in [7, 11) is -3.76. The Morgan fingerprint density at radius 2 is 1.79 bits per heavy atom. The summed E-state index contributed by atoms with van der Waals surface area (Å²) < 4.78 is 24.1. The van der Waals surface area contributed by atoms with Crippen LogP contribution in [0.15, 0.2) is 24.3 Å². The summed E-state index contributed by atoms with van der Waals surface area (Å²) in [5.41, 5.74) is -0.239. The van der Waals surface area contributed by atoms with Gasteiger partial charge in [0.1, 0.15) is 0 Å². The Bertz CT molecular complexity index is 595. The van der Waals surface area contributed by atoms with Gasteiger partial charge in [-0.3, -0.25) is 9.10 Å². The van der Waals surface area contributed by atoms with E-state index in [4.69, 9.17) is 10.2 Å². The lowest BCUT2D eigenvalue weighted by atomic mass is 10.2. The predicted octanol–water partition coefficient (Wildman–Crippen LogP) is 0.625. The van der Waals surface area contributed by atoms with Crippen molar-refractivity contribution in [3.63, 3.8) is 0 Å². The van der Waals surface area contributed by atoms with Crippen molar-refractivity contribution in [1.82, 2.24) is 0 Å². The van der Waals surface area contributed by atoms with E-state index in [0.29, 0.717) is 0 Å². The summed E-state index contributed by atoms with van der Waals surface area (Å²) in [6.07, 6.45) is 0.481. The molecule has 7 nitrogen and oxygen atoms in total. The second-order valence-corrected chi connectivity index (χ2v) is 5.71. The van der Waals surface area contributed by atoms with E-state index in [1.165, 1.54) is 24.3 Å². The van der Waals surface area contributed by atoms with Gasteiger partial charge in [0, 0.05) is 6.54 Å². The molecule has 0 saturated carbocycles. The Hall–Kier alpha value is -2.09. The van der Waals surface area contributed by atoms with E-state index in [2.05, 4.69) is 0 Å². The monoisotopic (exact) mass is 287 g/mol. The maximum atomic E-state index is 11.7. The molecular weight excluding hydrogens is 274 g/mol. The molecule has 0 spiro atoms. The third kappa shape index (κ3) is 3.95. The van der Waals surface area contributed by atoms with Crippen molar-refractivity contribution >= 4 is 27.6 Å². The standard InChI is InChI=1S/C11H13NO6S/c1-19(17,18)12(7-6-10(13)14)9-5-3-2-4-8(9)11(15)16/h2-5H,6-7H2,1H3,(H,13,14)(H,15,16). The average Bonchev–Trinajstić information content (AvgIpc) is 2.27. The fourth-order valence-corrected chi connectivity index (χ4v) is 2.47. The SMILES string of the molecule is CS(=O)(=O)N(CCC(=O)O)c1ccccc1C(=O)O. The number of hydrogen-bond acceptors (Lipinski definition) is 4. The quantitative estimate of drug-likeness (QED) is 0.793. The Balaban J connectivity index is 3.26. The van der Waals surface area contributed by atoms with Gasteiger partial charge in [0.25, 0.3) is 0 Å². The highest BCUT2D eigenvalue weighted by Gasteiger charge is 2.23. The molecule has 2 N–H and O–H groups in total. The van der Waals surface area contributed by atoms with Gasteiger partial charge in [0.2, 0.25) is 10.0 Å². The number of carboxylic acids is 2. The van der Waals surface area contributed by atoms with Crippen LogP contribution in [-0.2, 0) is 14.8 Å². The summed E-state index contributed by atoms with van der Waals surface area (Å²) in [4.78, 5) is 21.6. The van der Waals surface area contributed by atoms with Gasteiger partial charge in [0.15, 0.2) is 0 Å². The zero-order valence-electron chi connectivity index (χ0n) is 10.1. The summed E-state index contributed by atoms with van der Waals surface area (Å²) in [5, 5.41) is 17.6. The number of nitrogens with zero attached hydrogens (tertiary/aromatic N) is 1. The third-order valence-corrected chi connectivity index (χ3v) is 3.51. The van der Waals surface area contributed by atoms with Gasteiger partial charge in [-0.15, -0.1) is 0 Å². The molecule has 0 amide bonds. The molecule has 1 rings (SSSR count). The Morgan fingerprint density at radius 3 is 2.26 bits per heavy atom. The second-order valence-electron chi connectivity index (χ2n) is 3.80. The minimum Gasteiger partial charge on any atom is -0.481 e. The van der Waals surface area contributed by atoms with Gasteiger partial charge < -0.3 is 10.2 Å². The van der Waals surface area contributed by atoms with Crippen LogP contribution < -0.4 is 4.31 Å². The maximum Gasteiger partial charge on any atom is 0.337 e. The second kappa shape index (κ2) is 5.70. The summed E-state index contributed by atoms with van der Waals surface area (Å²) in [6.45, 7) is -0.321. The van der Waals surface area contributed by atoms with E-state index < -0.39 is 28.4 Å². The molecule has 0 aliphatic heterocycles. The number of anilines is 1. The number of carbonyl (C=O) groups is 2. The lowest BCUT2D eigenvalue weighted by Crippen LogP contribution is -2.33. The van der Waals surface area contributed by atoms with Crippen molar-refractivity contribution in [2.75, 3.05) is 17.1 Å². The highest BCUT2D eigenvalue weighted by Crippen LogP contribution is 2.23. The number of aromatic carboxylic acids is 1. The molecule has 1 aromatic carbocycles. The Morgan fingerprint density at radius 1 is 1.21 bits per heavy atom. The largest absolute Gasteiger partial charge is 0.481 e. The van der Waals surface area contributed by atoms with Crippen LogP contribution in [0.5, 0.6) is 0 Å². The van der Waals surface area contributed by atoms with Gasteiger partial charge in [-0.25, -0.2) is 13.2 Å². The van der Waals surface area contributed by atoms with Crippen LogP contribution in [0.1, 0.15) is 16.8 Å². The van der Waals surface area contributed by atoms with Gasteiger partial charge >= 0.3 is 11.9 Å². The van der Waals surface area contributed by atoms with Gasteiger partial charge in [-0.1, -0.05) is 12.1 Å². The summed E-state index contributed by atoms with van der Waals surface area (Å²) in [6, 6.07) is 5.54. The molecule has 0 radical (unpaired) electrons. The molecule has 0 unspecified atom stereocenters. The van der Waals surface area contributed by atoms with Crippen LogP contribution in [0.25, 0.3) is 0 Å². The number of hydrogen-bond donors (Lipinski definition) is 2. The smallest absolute Gasteiger partial charge is 0.337 e. The zero-order valence-corrected chi connectivity index (χ0v) is 10.9. The minimum absolute atomic E-state index is 0.0428. The first-order valence-corrected chi connectivity index (χ1v) is 7.10. The van der Waals surface area contributed by atoms with E-state index in [-0.39, 0.29) is 17.8 Å². The highest BCUT2D eigenvalue weighted by molar-refractivity contribution is 7.92. The topological polar surface area (TPSA) is 112 Å². The number of para-hydroxylation sites is 1. The third-order valence-electron chi connectivity index (χ3n) is 2.33. The van der Waals surface area contributed by atoms with Crippen molar-refractivity contribution in [3.05, 3.63) is 29.8 Å². The number of carboxylic acid groups (broad SMARTS) is 2. The first kappa shape index (κ1) is 15.0. The van der Waals surface area contributed by atoms with E-state index in [1.807, 2.05) is 0 Å². The van der Waals surface area contributed by atoms with Crippen LogP contribution in [0.3, 0.4) is 0 Å². The van der Waals surface area contributed by atoms with Crippen molar-refractivity contribution < 1.29 is 28.2 Å². The number of rotatable bonds is 6. The molecule has 0 bridgehead atoms. The van der Waals surface area contributed by atoms with Gasteiger partial charge in [-0.2, -0.15) is 0 Å². The first-order valence-electron chi connectivity index (χ1n) is 5.25. The van der Waals surface area contributed by atoms with Crippen LogP contribution >= 0.6 is 0 Å². The van der Waals surface area contributed by atoms with E-state index in [1.54, 1.807) is 0 Å². The molecule has 8 heteroatoms. The van der Waals surface area contributed by atoms with Crippen LogP contribution in [0.2, 0.25) is 0 Å². The van der Waals surface area contributed by atoms with Crippen molar-refractivity contribution in [1.29, 1.82) is 0 Å². The summed E-state index contributed by atoms with van der Waals surface area (Å²) in [5.74, 6) is -2.44. The molecule has 0 aromatic heterocycles. The molecule has 0 heterocycles. The van der Waals surface area contributed by atoms with E-state index in [0.717, 1.165) is 10.6 Å². The number of benzene rings is 1. The molecule has 0 fully saturated rings.